The molecule has 156 valence electrons. The first-order valence-electron chi connectivity index (χ1n) is 9.39. The molecule has 0 radical (unpaired) electrons. The van der Waals surface area contributed by atoms with Crippen LogP contribution in [0.1, 0.15) is 40.2 Å². The lowest BCUT2D eigenvalue weighted by Gasteiger charge is -2.43. The van der Waals surface area contributed by atoms with Crippen molar-refractivity contribution < 1.29 is 13.9 Å². The second-order valence-corrected chi connectivity index (χ2v) is 9.79. The third-order valence-electron chi connectivity index (χ3n) is 5.53. The van der Waals surface area contributed by atoms with Gasteiger partial charge in [-0.2, -0.15) is 10.4 Å². The van der Waals surface area contributed by atoms with E-state index in [1.165, 1.54) is 0 Å². The van der Waals surface area contributed by atoms with E-state index in [1.54, 1.807) is 4.68 Å². The Morgan fingerprint density at radius 2 is 1.97 bits per heavy atom. The van der Waals surface area contributed by atoms with Gasteiger partial charge in [0.15, 0.2) is 5.79 Å². The largest absolute Gasteiger partial charge is 0.400 e. The molecule has 2 N–H and O–H groups in total. The van der Waals surface area contributed by atoms with Crippen LogP contribution in [0.2, 0.25) is 0 Å². The lowest BCUT2D eigenvalue weighted by Crippen LogP contribution is -2.57. The molecule has 3 unspecified atom stereocenters. The van der Waals surface area contributed by atoms with Gasteiger partial charge in [0, 0.05) is 10.0 Å². The molecule has 9 heteroatoms. The van der Waals surface area contributed by atoms with Crippen molar-refractivity contribution in [3.8, 4) is 17.3 Å². The summed E-state index contributed by atoms with van der Waals surface area (Å²) in [7, 11) is 0.457. The first-order valence-corrected chi connectivity index (χ1v) is 11.0. The van der Waals surface area contributed by atoms with Crippen molar-refractivity contribution in [3.63, 3.8) is 0 Å². The molecule has 1 aromatic carbocycles. The molecule has 1 aliphatic rings. The molecule has 3 atom stereocenters. The predicted molar refractivity (Wildman–Crippen MR) is 118 cm³/mol. The fourth-order valence-electron chi connectivity index (χ4n) is 3.71. The molecule has 0 spiro atoms. The molecule has 2 heterocycles. The van der Waals surface area contributed by atoms with Gasteiger partial charge < -0.3 is 19.6 Å². The Morgan fingerprint density at radius 1 is 1.34 bits per heavy atom. The summed E-state index contributed by atoms with van der Waals surface area (Å²) >= 11 is 3.43. The van der Waals surface area contributed by atoms with E-state index in [4.69, 9.17) is 24.7 Å². The number of hydrogen-bond acceptors (Lipinski definition) is 6. The van der Waals surface area contributed by atoms with Crippen LogP contribution in [0.25, 0.3) is 11.3 Å². The lowest BCUT2D eigenvalue weighted by molar-refractivity contribution is -0.191. The van der Waals surface area contributed by atoms with Crippen LogP contribution < -0.4 is 5.73 Å². The Kier molecular flexibility index (Phi) is 5.70. The number of nitrogen functional groups attached to an aromatic ring is 1. The first-order chi connectivity index (χ1) is 13.5. The fraction of sp³-hybridized carbons (Fsp3) is 0.500. The van der Waals surface area contributed by atoms with Crippen molar-refractivity contribution in [2.24, 2.45) is 0 Å². The molecule has 0 saturated carbocycles. The van der Waals surface area contributed by atoms with Crippen LogP contribution in [0.3, 0.4) is 0 Å². The highest BCUT2D eigenvalue weighted by atomic mass is 79.9. The molecule has 0 amide bonds. The van der Waals surface area contributed by atoms with Crippen LogP contribution in [-0.2, 0) is 19.4 Å². The molecule has 2 aromatic rings. The summed E-state index contributed by atoms with van der Waals surface area (Å²) in [4.78, 5) is 0. The zero-order valence-electron chi connectivity index (χ0n) is 17.6. The zero-order chi connectivity index (χ0) is 21.6. The van der Waals surface area contributed by atoms with E-state index in [9.17, 15) is 5.26 Å². The van der Waals surface area contributed by atoms with Crippen LogP contribution >= 0.6 is 15.9 Å². The predicted octanol–water partition coefficient (Wildman–Crippen LogP) is 2.71. The SMILES string of the molecule is CC(C)(C)OC1COC(C)(O[SiH3])C1(C)n1nc(-c2ccc(Br)cc2)c(C#N)c1N. The van der Waals surface area contributed by atoms with Gasteiger partial charge in [-0.1, -0.05) is 28.1 Å². The Labute approximate surface area is 182 Å². The third kappa shape index (κ3) is 3.64. The number of nitriles is 1. The second kappa shape index (κ2) is 7.52. The molecule has 3 rings (SSSR count). The Hall–Kier alpha value is -1.70. The van der Waals surface area contributed by atoms with E-state index in [1.807, 2.05) is 58.9 Å². The van der Waals surface area contributed by atoms with E-state index in [-0.39, 0.29) is 11.9 Å². The van der Waals surface area contributed by atoms with Crippen molar-refractivity contribution in [3.05, 3.63) is 34.3 Å². The molecular weight excluding hydrogens is 452 g/mol. The summed E-state index contributed by atoms with van der Waals surface area (Å²) in [6.45, 7) is 10.1. The quantitative estimate of drug-likeness (QED) is 0.678. The molecular formula is C20H27BrN4O3Si. The minimum Gasteiger partial charge on any atom is -0.400 e. The van der Waals surface area contributed by atoms with Gasteiger partial charge in [0.25, 0.3) is 0 Å². The third-order valence-corrected chi connectivity index (χ3v) is 6.84. The average Bonchev–Trinajstić information content (AvgIpc) is 3.11. The number of aromatic nitrogens is 2. The second-order valence-electron chi connectivity index (χ2n) is 8.47. The summed E-state index contributed by atoms with van der Waals surface area (Å²) in [5.41, 5.74) is 6.84. The van der Waals surface area contributed by atoms with Gasteiger partial charge in [-0.3, -0.25) is 0 Å². The normalized spacial score (nSPS) is 27.3. The monoisotopic (exact) mass is 478 g/mol. The highest BCUT2D eigenvalue weighted by Gasteiger charge is 2.61. The van der Waals surface area contributed by atoms with Gasteiger partial charge in [0.1, 0.15) is 45.3 Å². The Bertz CT molecular complexity index is 950. The minimum absolute atomic E-state index is 0.269. The van der Waals surface area contributed by atoms with Gasteiger partial charge in [-0.15, -0.1) is 0 Å². The number of hydrogen-bond donors (Lipinski definition) is 1. The number of ether oxygens (including phenoxy) is 2. The van der Waals surface area contributed by atoms with Crippen LogP contribution in [-0.4, -0.2) is 44.4 Å². The van der Waals surface area contributed by atoms with Crippen molar-refractivity contribution >= 4 is 32.2 Å². The van der Waals surface area contributed by atoms with Gasteiger partial charge in [0.05, 0.1) is 12.2 Å². The molecule has 29 heavy (non-hydrogen) atoms. The van der Waals surface area contributed by atoms with Gasteiger partial charge in [-0.05, 0) is 46.8 Å². The van der Waals surface area contributed by atoms with E-state index < -0.39 is 16.9 Å². The Morgan fingerprint density at radius 3 is 2.48 bits per heavy atom. The first kappa shape index (κ1) is 22.0. The molecule has 1 aliphatic heterocycles. The zero-order valence-corrected chi connectivity index (χ0v) is 21.2. The number of nitrogens with zero attached hydrogens (tertiary/aromatic N) is 3. The standard InChI is InChI=1S/C20H27BrN4O3Si/c1-18(2,3)27-15-11-26-20(5,28-29)19(15,4)25-17(23)14(10-22)16(24-25)12-6-8-13(21)9-7-12/h6-9,15H,11,23H2,1-5,29H3. The highest BCUT2D eigenvalue weighted by Crippen LogP contribution is 2.47. The summed E-state index contributed by atoms with van der Waals surface area (Å²) in [6, 6.07) is 9.82. The number of nitrogens with two attached hydrogens (primary N) is 1. The minimum atomic E-state index is -0.987. The summed E-state index contributed by atoms with van der Waals surface area (Å²) in [6.07, 6.45) is -0.368. The maximum atomic E-state index is 9.82. The van der Waals surface area contributed by atoms with Gasteiger partial charge in [0.2, 0.25) is 0 Å². The number of rotatable bonds is 4. The topological polar surface area (TPSA) is 95.3 Å². The highest BCUT2D eigenvalue weighted by molar-refractivity contribution is 9.10. The van der Waals surface area contributed by atoms with Crippen LogP contribution in [0, 0.1) is 11.3 Å². The molecule has 1 aromatic heterocycles. The number of anilines is 1. The van der Waals surface area contributed by atoms with Crippen molar-refractivity contribution in [2.45, 2.75) is 57.6 Å². The smallest absolute Gasteiger partial charge is 0.183 e. The Balaban J connectivity index is 2.21. The van der Waals surface area contributed by atoms with Gasteiger partial charge in [-0.25, -0.2) is 4.68 Å². The van der Waals surface area contributed by atoms with E-state index in [0.29, 0.717) is 28.4 Å². The molecule has 1 fully saturated rings. The lowest BCUT2D eigenvalue weighted by atomic mass is 9.88. The van der Waals surface area contributed by atoms with Gasteiger partial charge >= 0.3 is 0 Å². The van der Waals surface area contributed by atoms with Crippen LogP contribution in [0.5, 0.6) is 0 Å². The molecule has 0 bridgehead atoms. The molecule has 0 aliphatic carbocycles. The van der Waals surface area contributed by atoms with E-state index >= 15 is 0 Å². The van der Waals surface area contributed by atoms with Crippen LogP contribution in [0.15, 0.2) is 28.7 Å². The average molecular weight is 479 g/mol. The van der Waals surface area contributed by atoms with E-state index in [0.717, 1.165) is 10.0 Å². The van der Waals surface area contributed by atoms with Crippen LogP contribution in [0.4, 0.5) is 5.82 Å². The van der Waals surface area contributed by atoms with Crippen molar-refractivity contribution in [1.82, 2.24) is 9.78 Å². The number of benzene rings is 1. The van der Waals surface area contributed by atoms with E-state index in [2.05, 4.69) is 22.0 Å². The molecule has 7 nitrogen and oxygen atoms in total. The van der Waals surface area contributed by atoms with Crippen molar-refractivity contribution in [1.29, 1.82) is 5.26 Å². The maximum Gasteiger partial charge on any atom is 0.183 e. The summed E-state index contributed by atoms with van der Waals surface area (Å²) in [5.74, 6) is -0.718. The maximum absolute atomic E-state index is 9.82. The van der Waals surface area contributed by atoms with Crippen molar-refractivity contribution in [2.75, 3.05) is 12.3 Å². The summed E-state index contributed by atoms with van der Waals surface area (Å²) < 4.78 is 20.9. The fourth-order valence-corrected chi connectivity index (χ4v) is 4.51. The molecule has 1 saturated heterocycles. The summed E-state index contributed by atoms with van der Waals surface area (Å²) in [5, 5.41) is 14.6. The number of halogens is 1.